The summed E-state index contributed by atoms with van der Waals surface area (Å²) >= 11 is 23.6. The lowest BCUT2D eigenvalue weighted by Gasteiger charge is -1.97. The maximum absolute atomic E-state index is 5.81. The second-order valence-electron chi connectivity index (χ2n) is 9.33. The Morgan fingerprint density at radius 3 is 1.25 bits per heavy atom. The first-order chi connectivity index (χ1) is 17.7. The van der Waals surface area contributed by atoms with Gasteiger partial charge in [0.25, 0.3) is 0 Å². The maximum atomic E-state index is 5.81. The van der Waals surface area contributed by atoms with Crippen molar-refractivity contribution in [1.29, 1.82) is 0 Å². The average Bonchev–Trinajstić information content (AvgIpc) is 3.67. The number of aryl methyl sites for hydroxylation is 2. The molecule has 0 saturated heterocycles. The van der Waals surface area contributed by atoms with E-state index in [1.807, 2.05) is 68.0 Å². The smallest absolute Gasteiger partial charge is 0.0636 e. The summed E-state index contributed by atoms with van der Waals surface area (Å²) in [6.45, 7) is 0. The fraction of sp³-hybridized carbons (Fsp3) is 0.429. The molecule has 0 fully saturated rings. The summed E-state index contributed by atoms with van der Waals surface area (Å²) in [5.74, 6) is 1.59. The number of hydrogen-bond acceptors (Lipinski definition) is 6. The van der Waals surface area contributed by atoms with Crippen LogP contribution in [0.1, 0.15) is 61.1 Å². The van der Waals surface area contributed by atoms with E-state index < -0.39 is 0 Å². The molecule has 190 valence electrons. The molecule has 0 spiro atoms. The fourth-order valence-corrected chi connectivity index (χ4v) is 13.4. The van der Waals surface area contributed by atoms with E-state index in [0.29, 0.717) is 0 Å². The highest BCUT2D eigenvalue weighted by Gasteiger charge is 2.18. The van der Waals surface area contributed by atoms with Crippen LogP contribution < -0.4 is 0 Å². The number of rotatable bonds is 13. The largest absolute Gasteiger partial charge is 0.138 e. The van der Waals surface area contributed by atoms with Gasteiger partial charge in [0, 0.05) is 50.1 Å². The second-order valence-corrected chi connectivity index (χ2v) is 16.6. The van der Waals surface area contributed by atoms with Crippen LogP contribution in [-0.4, -0.2) is 11.8 Å². The Bertz CT molecular complexity index is 1470. The number of halogens is 2. The molecule has 0 bridgehead atoms. The third-order valence-corrected chi connectivity index (χ3v) is 15.0. The molecular weight excluding hydrogens is 600 g/mol. The van der Waals surface area contributed by atoms with Gasteiger partial charge in [-0.05, 0) is 62.8 Å². The van der Waals surface area contributed by atoms with Crippen LogP contribution in [0.5, 0.6) is 0 Å². The van der Waals surface area contributed by atoms with Gasteiger partial charge in [0.2, 0.25) is 0 Å². The number of hydrogen-bond donors (Lipinski definition) is 0. The summed E-state index contributed by atoms with van der Waals surface area (Å²) < 4.78 is 11.9. The minimum Gasteiger partial charge on any atom is -0.138 e. The minimum absolute atomic E-state index is 0.796. The first-order valence-electron chi connectivity index (χ1n) is 12.8. The van der Waals surface area contributed by atoms with Crippen LogP contribution in [0.25, 0.3) is 47.4 Å². The molecule has 0 radical (unpaired) electrons. The van der Waals surface area contributed by atoms with Crippen molar-refractivity contribution in [2.75, 3.05) is 11.8 Å². The Hall–Kier alpha value is -0.180. The molecule has 0 amide bonds. The molecule has 0 aliphatic heterocycles. The van der Waals surface area contributed by atoms with Gasteiger partial charge in [-0.25, -0.2) is 0 Å². The summed E-state index contributed by atoms with van der Waals surface area (Å²) in [6.07, 6.45) is 12.4. The lowest BCUT2D eigenvalue weighted by Crippen LogP contribution is -1.82. The van der Waals surface area contributed by atoms with Crippen molar-refractivity contribution in [3.05, 3.63) is 34.0 Å². The molecule has 6 aromatic rings. The number of fused-ring (bicyclic) bond motifs is 6. The lowest BCUT2D eigenvalue weighted by molar-refractivity contribution is 0.672. The SMILES string of the molecule is ClCCCCCCc1cc2sc3cc(-c4cc5sc6cc(CCCCCCCl)sc6c5s4)sc3c2s1. The number of alkyl halides is 2. The molecule has 0 unspecified atom stereocenters. The molecule has 6 aromatic heterocycles. The predicted octanol–water partition coefficient (Wildman–Crippen LogP) is 13.0. The molecule has 36 heavy (non-hydrogen) atoms. The number of thiophene rings is 6. The first kappa shape index (κ1) is 26.1. The van der Waals surface area contributed by atoms with Crippen LogP contribution in [0.3, 0.4) is 0 Å². The molecule has 0 atom stereocenters. The zero-order valence-electron chi connectivity index (χ0n) is 20.0. The average molecular weight is 628 g/mol. The van der Waals surface area contributed by atoms with Crippen LogP contribution in [0, 0.1) is 0 Å². The Labute approximate surface area is 246 Å². The standard InChI is InChI=1S/C28H28Cl2S6/c29-11-7-3-1-5-9-17-13-21-25(31-17)27-23(33-21)15-19(35-27)20-16-24-28(36-20)26-22(34-24)14-18(32-26)10-6-2-4-8-12-30/h13-16H,1-12H2. The van der Waals surface area contributed by atoms with Crippen LogP contribution in [0.2, 0.25) is 0 Å². The molecule has 0 aliphatic carbocycles. The highest BCUT2D eigenvalue weighted by Crippen LogP contribution is 2.50. The fourth-order valence-electron chi connectivity index (χ4n) is 4.75. The zero-order chi connectivity index (χ0) is 24.5. The predicted molar refractivity (Wildman–Crippen MR) is 175 cm³/mol. The molecule has 0 aliphatic rings. The Morgan fingerprint density at radius 2 is 0.806 bits per heavy atom. The van der Waals surface area contributed by atoms with E-state index in [-0.39, 0.29) is 0 Å². The topological polar surface area (TPSA) is 0 Å². The van der Waals surface area contributed by atoms with E-state index in [2.05, 4.69) is 24.3 Å². The van der Waals surface area contributed by atoms with Gasteiger partial charge in [0.05, 0.1) is 18.8 Å². The van der Waals surface area contributed by atoms with Crippen molar-refractivity contribution in [3.63, 3.8) is 0 Å². The van der Waals surface area contributed by atoms with Gasteiger partial charge in [-0.2, -0.15) is 0 Å². The van der Waals surface area contributed by atoms with Crippen LogP contribution >= 0.6 is 91.2 Å². The quantitative estimate of drug-likeness (QED) is 0.0883. The molecule has 0 aromatic carbocycles. The molecule has 0 N–H and O–H groups in total. The van der Waals surface area contributed by atoms with Gasteiger partial charge < -0.3 is 0 Å². The lowest BCUT2D eigenvalue weighted by atomic mass is 10.1. The summed E-state index contributed by atoms with van der Waals surface area (Å²) in [4.78, 5) is 5.97. The Kier molecular flexibility index (Phi) is 8.62. The van der Waals surface area contributed by atoms with Crippen LogP contribution in [-0.2, 0) is 12.8 Å². The number of unbranched alkanes of at least 4 members (excludes halogenated alkanes) is 6. The molecule has 8 heteroatoms. The van der Waals surface area contributed by atoms with Gasteiger partial charge in [0.15, 0.2) is 0 Å². The van der Waals surface area contributed by atoms with Crippen molar-refractivity contribution in [3.8, 4) is 9.75 Å². The van der Waals surface area contributed by atoms with E-state index in [4.69, 9.17) is 23.2 Å². The Balaban J connectivity index is 1.19. The summed E-state index contributed by atoms with van der Waals surface area (Å²) in [6, 6.07) is 9.78. The van der Waals surface area contributed by atoms with E-state index in [0.717, 1.165) is 24.6 Å². The van der Waals surface area contributed by atoms with Gasteiger partial charge in [-0.3, -0.25) is 0 Å². The van der Waals surface area contributed by atoms with Crippen molar-refractivity contribution < 1.29 is 0 Å². The monoisotopic (exact) mass is 626 g/mol. The van der Waals surface area contributed by atoms with E-state index in [1.54, 1.807) is 9.75 Å². The van der Waals surface area contributed by atoms with Gasteiger partial charge in [-0.15, -0.1) is 91.2 Å². The molecule has 6 heterocycles. The van der Waals surface area contributed by atoms with Crippen molar-refractivity contribution in [1.82, 2.24) is 0 Å². The van der Waals surface area contributed by atoms with Crippen molar-refractivity contribution in [2.24, 2.45) is 0 Å². The van der Waals surface area contributed by atoms with Crippen LogP contribution in [0.15, 0.2) is 24.3 Å². The second kappa shape index (κ2) is 11.9. The first-order valence-corrected chi connectivity index (χ1v) is 18.7. The third kappa shape index (κ3) is 5.44. The van der Waals surface area contributed by atoms with E-state index >= 15 is 0 Å². The van der Waals surface area contributed by atoms with Crippen molar-refractivity contribution >= 4 is 129 Å². The summed E-state index contributed by atoms with van der Waals surface area (Å²) in [5.41, 5.74) is 0. The van der Waals surface area contributed by atoms with Crippen molar-refractivity contribution in [2.45, 2.75) is 64.2 Å². The maximum Gasteiger partial charge on any atom is 0.0636 e. The zero-order valence-corrected chi connectivity index (χ0v) is 26.4. The molecule has 0 nitrogen and oxygen atoms in total. The van der Waals surface area contributed by atoms with Gasteiger partial charge >= 0.3 is 0 Å². The normalized spacial score (nSPS) is 12.4. The Morgan fingerprint density at radius 1 is 0.417 bits per heavy atom. The highest BCUT2D eigenvalue weighted by atomic mass is 35.5. The van der Waals surface area contributed by atoms with E-state index in [9.17, 15) is 0 Å². The summed E-state index contributed by atoms with van der Waals surface area (Å²) in [7, 11) is 0. The molecule has 6 rings (SSSR count). The van der Waals surface area contributed by atoms with E-state index in [1.165, 1.54) is 98.7 Å². The van der Waals surface area contributed by atoms with Gasteiger partial charge in [-0.1, -0.05) is 25.7 Å². The summed E-state index contributed by atoms with van der Waals surface area (Å²) in [5, 5.41) is 0. The van der Waals surface area contributed by atoms with Gasteiger partial charge in [0.1, 0.15) is 0 Å². The molecular formula is C28H28Cl2S6. The highest BCUT2D eigenvalue weighted by molar-refractivity contribution is 7.42. The minimum atomic E-state index is 0.796. The van der Waals surface area contributed by atoms with Crippen LogP contribution in [0.4, 0.5) is 0 Å². The third-order valence-electron chi connectivity index (χ3n) is 6.60. The molecule has 0 saturated carbocycles.